The number of carbonyl (C=O) groups excluding carboxylic acids is 1. The molecule has 1 aromatic carbocycles. The molecular weight excluding hydrogens is 318 g/mol. The van der Waals surface area contributed by atoms with E-state index in [0.29, 0.717) is 17.7 Å². The quantitative estimate of drug-likeness (QED) is 0.470. The van der Waals surface area contributed by atoms with E-state index in [1.165, 1.54) is 32.0 Å². The van der Waals surface area contributed by atoms with Crippen molar-refractivity contribution in [1.29, 1.82) is 0 Å². The van der Waals surface area contributed by atoms with Gasteiger partial charge >= 0.3 is 0 Å². The predicted molar refractivity (Wildman–Crippen MR) is 92.3 cm³/mol. The predicted octanol–water partition coefficient (Wildman–Crippen LogP) is 2.93. The van der Waals surface area contributed by atoms with Crippen LogP contribution >= 0.6 is 12.4 Å². The maximum Gasteiger partial charge on any atom is 0.273 e. The number of carbonyl (C=O) groups is 1. The molecule has 1 amide bonds. The molecule has 23 heavy (non-hydrogen) atoms. The van der Waals surface area contributed by atoms with Gasteiger partial charge in [-0.15, -0.1) is 12.4 Å². The summed E-state index contributed by atoms with van der Waals surface area (Å²) in [5.41, 5.74) is 0.789. The zero-order valence-electron chi connectivity index (χ0n) is 13.4. The number of hydrogen-bond acceptors (Lipinski definition) is 4. The average molecular weight is 342 g/mol. The number of benzene rings is 1. The van der Waals surface area contributed by atoms with Gasteiger partial charge in [-0.05, 0) is 58.3 Å². The molecule has 0 aromatic heterocycles. The SMILES string of the molecule is Cc1c(C(=O)NCCCCN2CCCC2)cccc1[N+](=O)[O-].Cl. The lowest BCUT2D eigenvalue weighted by atomic mass is 10.1. The minimum absolute atomic E-state index is 0. The zero-order valence-corrected chi connectivity index (χ0v) is 14.2. The van der Waals surface area contributed by atoms with Crippen LogP contribution in [0.2, 0.25) is 0 Å². The Morgan fingerprint density at radius 2 is 2.00 bits per heavy atom. The van der Waals surface area contributed by atoms with Crippen LogP contribution in [-0.2, 0) is 0 Å². The fraction of sp³-hybridized carbons (Fsp3) is 0.562. The van der Waals surface area contributed by atoms with Gasteiger partial charge in [0.1, 0.15) is 0 Å². The first-order chi connectivity index (χ1) is 10.6. The molecule has 1 saturated heterocycles. The van der Waals surface area contributed by atoms with Crippen molar-refractivity contribution in [3.63, 3.8) is 0 Å². The highest BCUT2D eigenvalue weighted by atomic mass is 35.5. The number of amides is 1. The summed E-state index contributed by atoms with van der Waals surface area (Å²) in [6.45, 7) is 5.69. The van der Waals surface area contributed by atoms with E-state index >= 15 is 0 Å². The summed E-state index contributed by atoms with van der Waals surface area (Å²) in [6.07, 6.45) is 4.58. The van der Waals surface area contributed by atoms with Gasteiger partial charge in [0.05, 0.1) is 4.92 Å². The van der Waals surface area contributed by atoms with Gasteiger partial charge in [0.15, 0.2) is 0 Å². The number of hydrogen-bond donors (Lipinski definition) is 1. The van der Waals surface area contributed by atoms with Crippen molar-refractivity contribution < 1.29 is 9.72 Å². The number of nitrogens with zero attached hydrogens (tertiary/aromatic N) is 2. The van der Waals surface area contributed by atoms with Crippen molar-refractivity contribution in [3.8, 4) is 0 Å². The number of rotatable bonds is 7. The number of nitro groups is 1. The Kier molecular flexibility index (Phi) is 7.98. The van der Waals surface area contributed by atoms with E-state index in [2.05, 4.69) is 10.2 Å². The smallest absolute Gasteiger partial charge is 0.273 e. The largest absolute Gasteiger partial charge is 0.352 e. The molecule has 1 aliphatic rings. The molecule has 1 heterocycles. The second-order valence-corrected chi connectivity index (χ2v) is 5.72. The third-order valence-corrected chi connectivity index (χ3v) is 4.13. The first-order valence-corrected chi connectivity index (χ1v) is 7.84. The molecule has 0 radical (unpaired) electrons. The Labute approximate surface area is 142 Å². The van der Waals surface area contributed by atoms with Crippen LogP contribution in [0.1, 0.15) is 41.6 Å². The van der Waals surface area contributed by atoms with Crippen molar-refractivity contribution in [2.75, 3.05) is 26.2 Å². The monoisotopic (exact) mass is 341 g/mol. The molecule has 1 aliphatic heterocycles. The molecule has 1 N–H and O–H groups in total. The maximum absolute atomic E-state index is 12.1. The standard InChI is InChI=1S/C16H23N3O3.ClH/c1-13-14(7-6-8-15(13)19(21)22)16(20)17-9-2-3-10-18-11-4-5-12-18;/h6-8H,2-5,9-12H2,1H3,(H,17,20);1H. The lowest BCUT2D eigenvalue weighted by Gasteiger charge is -2.14. The highest BCUT2D eigenvalue weighted by Gasteiger charge is 2.17. The topological polar surface area (TPSA) is 75.5 Å². The zero-order chi connectivity index (χ0) is 15.9. The van der Waals surface area contributed by atoms with Gasteiger partial charge in [-0.1, -0.05) is 6.07 Å². The fourth-order valence-electron chi connectivity index (χ4n) is 2.83. The maximum atomic E-state index is 12.1. The molecule has 0 spiro atoms. The minimum atomic E-state index is -0.456. The number of nitrogens with one attached hydrogen (secondary N) is 1. The van der Waals surface area contributed by atoms with Crippen LogP contribution in [0.5, 0.6) is 0 Å². The molecule has 1 fully saturated rings. The van der Waals surface area contributed by atoms with E-state index in [0.717, 1.165) is 19.4 Å². The van der Waals surface area contributed by atoms with Crippen LogP contribution < -0.4 is 5.32 Å². The van der Waals surface area contributed by atoms with E-state index in [1.54, 1.807) is 19.1 Å². The van der Waals surface area contributed by atoms with E-state index in [4.69, 9.17) is 0 Å². The Hall–Kier alpha value is -1.66. The van der Waals surface area contributed by atoms with Gasteiger partial charge in [0, 0.05) is 23.7 Å². The molecule has 1 aromatic rings. The van der Waals surface area contributed by atoms with Crippen molar-refractivity contribution >= 4 is 24.0 Å². The van der Waals surface area contributed by atoms with Crippen LogP contribution in [-0.4, -0.2) is 41.9 Å². The molecule has 0 unspecified atom stereocenters. The van der Waals surface area contributed by atoms with Gasteiger partial charge in [-0.2, -0.15) is 0 Å². The molecule has 0 bridgehead atoms. The fourth-order valence-corrected chi connectivity index (χ4v) is 2.83. The molecule has 2 rings (SSSR count). The summed E-state index contributed by atoms with van der Waals surface area (Å²) in [4.78, 5) is 25.0. The van der Waals surface area contributed by atoms with Crippen LogP contribution in [0.4, 0.5) is 5.69 Å². The van der Waals surface area contributed by atoms with E-state index < -0.39 is 4.92 Å². The molecule has 7 heteroatoms. The molecule has 0 aliphatic carbocycles. The lowest BCUT2D eigenvalue weighted by Crippen LogP contribution is -2.26. The molecule has 0 saturated carbocycles. The summed E-state index contributed by atoms with van der Waals surface area (Å²) >= 11 is 0. The number of unbranched alkanes of at least 4 members (excludes halogenated alkanes) is 1. The second kappa shape index (κ2) is 9.47. The Morgan fingerprint density at radius 1 is 1.30 bits per heavy atom. The van der Waals surface area contributed by atoms with Crippen LogP contribution in [0.3, 0.4) is 0 Å². The third-order valence-electron chi connectivity index (χ3n) is 4.13. The van der Waals surface area contributed by atoms with E-state index in [-0.39, 0.29) is 24.0 Å². The summed E-state index contributed by atoms with van der Waals surface area (Å²) in [5.74, 6) is -0.234. The van der Waals surface area contributed by atoms with Crippen molar-refractivity contribution in [3.05, 3.63) is 39.4 Å². The highest BCUT2D eigenvalue weighted by Crippen LogP contribution is 2.20. The Morgan fingerprint density at radius 3 is 2.65 bits per heavy atom. The number of halogens is 1. The van der Waals surface area contributed by atoms with Crippen molar-refractivity contribution in [2.45, 2.75) is 32.6 Å². The Balaban J connectivity index is 0.00000264. The van der Waals surface area contributed by atoms with Crippen molar-refractivity contribution in [1.82, 2.24) is 10.2 Å². The van der Waals surface area contributed by atoms with Gasteiger partial charge in [-0.25, -0.2) is 0 Å². The van der Waals surface area contributed by atoms with Crippen LogP contribution in [0, 0.1) is 17.0 Å². The normalized spacial score (nSPS) is 14.3. The van der Waals surface area contributed by atoms with Gasteiger partial charge in [-0.3, -0.25) is 14.9 Å². The third kappa shape index (κ3) is 5.48. The van der Waals surface area contributed by atoms with Gasteiger partial charge in [0.2, 0.25) is 0 Å². The number of likely N-dealkylation sites (tertiary alicyclic amines) is 1. The van der Waals surface area contributed by atoms with Gasteiger partial charge in [0.25, 0.3) is 11.6 Å². The van der Waals surface area contributed by atoms with Gasteiger partial charge < -0.3 is 10.2 Å². The summed E-state index contributed by atoms with van der Waals surface area (Å²) in [6, 6.07) is 4.59. The average Bonchev–Trinajstić information content (AvgIpc) is 3.00. The van der Waals surface area contributed by atoms with E-state index in [9.17, 15) is 14.9 Å². The summed E-state index contributed by atoms with van der Waals surface area (Å²) in [7, 11) is 0. The molecule has 6 nitrogen and oxygen atoms in total. The minimum Gasteiger partial charge on any atom is -0.352 e. The first-order valence-electron chi connectivity index (χ1n) is 7.84. The highest BCUT2D eigenvalue weighted by molar-refractivity contribution is 5.96. The lowest BCUT2D eigenvalue weighted by molar-refractivity contribution is -0.385. The molecular formula is C16H24ClN3O3. The molecule has 0 atom stereocenters. The van der Waals surface area contributed by atoms with E-state index in [1.807, 2.05) is 0 Å². The molecule has 128 valence electrons. The Bertz CT molecular complexity index is 545. The second-order valence-electron chi connectivity index (χ2n) is 5.72. The summed E-state index contributed by atoms with van der Waals surface area (Å²) < 4.78 is 0. The van der Waals surface area contributed by atoms with Crippen LogP contribution in [0.15, 0.2) is 18.2 Å². The summed E-state index contributed by atoms with van der Waals surface area (Å²) in [5, 5.41) is 13.7. The van der Waals surface area contributed by atoms with Crippen molar-refractivity contribution in [2.24, 2.45) is 0 Å². The number of nitro benzene ring substituents is 1. The van der Waals surface area contributed by atoms with Crippen LogP contribution in [0.25, 0.3) is 0 Å². The first kappa shape index (κ1) is 19.4.